The number of carbonyl (C=O) groups is 1. The number of likely N-dealkylation sites (tertiary alicyclic amines) is 1. The Morgan fingerprint density at radius 2 is 2.08 bits per heavy atom. The lowest BCUT2D eigenvalue weighted by atomic mass is 10.0. The van der Waals surface area contributed by atoms with Crippen LogP contribution in [0, 0.1) is 12.8 Å². The van der Waals surface area contributed by atoms with Crippen molar-refractivity contribution in [3.05, 3.63) is 47.3 Å². The first-order valence-electron chi connectivity index (χ1n) is 9.03. The standard InChI is InChI=1S/C20H26N2O4/c1-4-25-17-7-5-15(6-8-17)10-20(23)22-12-16(19(13-22)24-3)11-18-9-14(2)21-26-18/h5-9,16,19H,4,10-13H2,1-3H3. The van der Waals surface area contributed by atoms with Gasteiger partial charge in [-0.2, -0.15) is 0 Å². The Balaban J connectivity index is 1.59. The second kappa shape index (κ2) is 8.36. The van der Waals surface area contributed by atoms with Gasteiger partial charge in [0.2, 0.25) is 5.91 Å². The first-order valence-corrected chi connectivity index (χ1v) is 9.03. The van der Waals surface area contributed by atoms with E-state index in [1.807, 2.05) is 49.1 Å². The first-order chi connectivity index (χ1) is 12.6. The van der Waals surface area contributed by atoms with E-state index in [0.717, 1.165) is 29.2 Å². The van der Waals surface area contributed by atoms with Gasteiger partial charge < -0.3 is 18.9 Å². The van der Waals surface area contributed by atoms with Crippen molar-refractivity contribution in [2.75, 3.05) is 26.8 Å². The molecule has 0 radical (unpaired) electrons. The van der Waals surface area contributed by atoms with Crippen LogP contribution in [0.25, 0.3) is 0 Å². The molecule has 0 N–H and O–H groups in total. The molecule has 3 rings (SSSR count). The van der Waals surface area contributed by atoms with Gasteiger partial charge in [0, 0.05) is 38.6 Å². The number of rotatable bonds is 7. The smallest absolute Gasteiger partial charge is 0.227 e. The molecule has 2 atom stereocenters. The maximum Gasteiger partial charge on any atom is 0.227 e. The summed E-state index contributed by atoms with van der Waals surface area (Å²) in [5, 5.41) is 3.93. The number of benzene rings is 1. The van der Waals surface area contributed by atoms with E-state index < -0.39 is 0 Å². The average Bonchev–Trinajstić information content (AvgIpc) is 3.23. The zero-order valence-corrected chi connectivity index (χ0v) is 15.6. The molecular weight excluding hydrogens is 332 g/mol. The van der Waals surface area contributed by atoms with Crippen molar-refractivity contribution in [2.45, 2.75) is 32.8 Å². The highest BCUT2D eigenvalue weighted by Gasteiger charge is 2.35. The largest absolute Gasteiger partial charge is 0.494 e. The molecule has 6 heteroatoms. The molecule has 140 valence electrons. The van der Waals surface area contributed by atoms with E-state index >= 15 is 0 Å². The molecule has 0 spiro atoms. The van der Waals surface area contributed by atoms with Gasteiger partial charge in [-0.25, -0.2) is 0 Å². The fourth-order valence-corrected chi connectivity index (χ4v) is 3.44. The average molecular weight is 358 g/mol. The summed E-state index contributed by atoms with van der Waals surface area (Å²) in [6, 6.07) is 9.65. The predicted molar refractivity (Wildman–Crippen MR) is 97.1 cm³/mol. The Morgan fingerprint density at radius 1 is 1.31 bits per heavy atom. The van der Waals surface area contributed by atoms with E-state index in [1.54, 1.807) is 7.11 Å². The van der Waals surface area contributed by atoms with Crippen molar-refractivity contribution >= 4 is 5.91 Å². The van der Waals surface area contributed by atoms with Crippen molar-refractivity contribution < 1.29 is 18.8 Å². The summed E-state index contributed by atoms with van der Waals surface area (Å²) in [4.78, 5) is 14.6. The van der Waals surface area contributed by atoms with Crippen molar-refractivity contribution in [1.82, 2.24) is 10.1 Å². The van der Waals surface area contributed by atoms with Crippen LogP contribution in [0.2, 0.25) is 0 Å². The van der Waals surface area contributed by atoms with E-state index in [1.165, 1.54) is 0 Å². The quantitative estimate of drug-likeness (QED) is 0.761. The Hall–Kier alpha value is -2.34. The van der Waals surface area contributed by atoms with E-state index in [9.17, 15) is 4.79 Å². The van der Waals surface area contributed by atoms with Crippen molar-refractivity contribution in [2.24, 2.45) is 5.92 Å². The number of nitrogens with zero attached hydrogens (tertiary/aromatic N) is 2. The van der Waals surface area contributed by atoms with Crippen LogP contribution in [0.1, 0.15) is 23.9 Å². The fourth-order valence-electron chi connectivity index (χ4n) is 3.44. The van der Waals surface area contributed by atoms with Gasteiger partial charge in [0.15, 0.2) is 0 Å². The molecule has 6 nitrogen and oxygen atoms in total. The fraction of sp³-hybridized carbons (Fsp3) is 0.500. The van der Waals surface area contributed by atoms with Gasteiger partial charge in [-0.15, -0.1) is 0 Å². The molecule has 1 fully saturated rings. The van der Waals surface area contributed by atoms with Crippen LogP contribution in [-0.2, 0) is 22.4 Å². The summed E-state index contributed by atoms with van der Waals surface area (Å²) in [5.74, 6) is 2.01. The Labute approximate surface area is 154 Å². The van der Waals surface area contributed by atoms with Crippen LogP contribution >= 0.6 is 0 Å². The minimum atomic E-state index is 0.0182. The highest BCUT2D eigenvalue weighted by atomic mass is 16.5. The lowest BCUT2D eigenvalue weighted by Crippen LogP contribution is -2.31. The third-order valence-electron chi connectivity index (χ3n) is 4.77. The number of methoxy groups -OCH3 is 1. The van der Waals surface area contributed by atoms with Gasteiger partial charge >= 0.3 is 0 Å². The lowest BCUT2D eigenvalue weighted by Gasteiger charge is -2.16. The molecule has 0 saturated carbocycles. The normalized spacial score (nSPS) is 19.7. The van der Waals surface area contributed by atoms with Crippen LogP contribution in [0.5, 0.6) is 5.75 Å². The lowest BCUT2D eigenvalue weighted by molar-refractivity contribution is -0.129. The maximum atomic E-state index is 12.7. The minimum Gasteiger partial charge on any atom is -0.494 e. The molecule has 2 aromatic rings. The molecule has 26 heavy (non-hydrogen) atoms. The van der Waals surface area contributed by atoms with Gasteiger partial charge in [0.05, 0.1) is 24.8 Å². The van der Waals surface area contributed by atoms with Crippen LogP contribution in [0.15, 0.2) is 34.9 Å². The van der Waals surface area contributed by atoms with E-state index in [2.05, 4.69) is 5.16 Å². The Morgan fingerprint density at radius 3 is 2.69 bits per heavy atom. The summed E-state index contributed by atoms with van der Waals surface area (Å²) in [6.07, 6.45) is 1.13. The number of hydrogen-bond acceptors (Lipinski definition) is 5. The van der Waals surface area contributed by atoms with Crippen molar-refractivity contribution in [1.29, 1.82) is 0 Å². The molecule has 1 aliphatic rings. The van der Waals surface area contributed by atoms with Gasteiger partial charge in [-0.3, -0.25) is 4.79 Å². The summed E-state index contributed by atoms with van der Waals surface area (Å²) < 4.78 is 16.4. The second-order valence-electron chi connectivity index (χ2n) is 6.73. The Kier molecular flexibility index (Phi) is 5.93. The summed E-state index contributed by atoms with van der Waals surface area (Å²) in [6.45, 7) is 5.78. The minimum absolute atomic E-state index is 0.0182. The van der Waals surface area contributed by atoms with Gasteiger partial charge in [-0.05, 0) is 31.5 Å². The number of carbonyl (C=O) groups excluding carboxylic acids is 1. The second-order valence-corrected chi connectivity index (χ2v) is 6.73. The topological polar surface area (TPSA) is 64.8 Å². The zero-order valence-electron chi connectivity index (χ0n) is 15.6. The van der Waals surface area contributed by atoms with E-state index in [4.69, 9.17) is 14.0 Å². The molecule has 0 bridgehead atoms. The molecular formula is C20H26N2O4. The molecule has 2 heterocycles. The van der Waals surface area contributed by atoms with Crippen LogP contribution in [0.3, 0.4) is 0 Å². The van der Waals surface area contributed by atoms with Crippen LogP contribution in [-0.4, -0.2) is 48.9 Å². The molecule has 1 aromatic heterocycles. The third-order valence-corrected chi connectivity index (χ3v) is 4.77. The summed E-state index contributed by atoms with van der Waals surface area (Å²) >= 11 is 0. The first kappa shape index (κ1) is 18.5. The monoisotopic (exact) mass is 358 g/mol. The molecule has 0 aliphatic carbocycles. The number of hydrogen-bond donors (Lipinski definition) is 0. The van der Waals surface area contributed by atoms with Crippen molar-refractivity contribution in [3.63, 3.8) is 0 Å². The predicted octanol–water partition coefficient (Wildman–Crippen LogP) is 2.64. The molecule has 1 aromatic carbocycles. The summed E-state index contributed by atoms with van der Waals surface area (Å²) in [5.41, 5.74) is 1.86. The number of aromatic nitrogens is 1. The SMILES string of the molecule is CCOc1ccc(CC(=O)N2CC(Cc3cc(C)no3)C(OC)C2)cc1. The van der Waals surface area contributed by atoms with E-state index in [0.29, 0.717) is 26.1 Å². The number of ether oxygens (including phenoxy) is 2. The Bertz CT molecular complexity index is 726. The number of amides is 1. The van der Waals surface area contributed by atoms with Gasteiger partial charge in [-0.1, -0.05) is 17.3 Å². The van der Waals surface area contributed by atoms with E-state index in [-0.39, 0.29) is 17.9 Å². The van der Waals surface area contributed by atoms with Crippen LogP contribution < -0.4 is 4.74 Å². The van der Waals surface area contributed by atoms with Gasteiger partial charge in [0.25, 0.3) is 0 Å². The maximum absolute atomic E-state index is 12.7. The van der Waals surface area contributed by atoms with Gasteiger partial charge in [0.1, 0.15) is 11.5 Å². The molecule has 1 aliphatic heterocycles. The molecule has 1 saturated heterocycles. The highest BCUT2D eigenvalue weighted by molar-refractivity contribution is 5.79. The van der Waals surface area contributed by atoms with Crippen LogP contribution in [0.4, 0.5) is 0 Å². The third kappa shape index (κ3) is 4.43. The molecule has 2 unspecified atom stereocenters. The molecule has 1 amide bonds. The number of aryl methyl sites for hydroxylation is 1. The summed E-state index contributed by atoms with van der Waals surface area (Å²) in [7, 11) is 1.70. The highest BCUT2D eigenvalue weighted by Crippen LogP contribution is 2.25. The zero-order chi connectivity index (χ0) is 18.5. The van der Waals surface area contributed by atoms with Crippen molar-refractivity contribution in [3.8, 4) is 5.75 Å².